The largest absolute Gasteiger partial charge is 0.379 e. The minimum atomic E-state index is -0.130. The molecule has 0 aromatic carbocycles. The van der Waals surface area contributed by atoms with Gasteiger partial charge in [0.05, 0.1) is 24.8 Å². The van der Waals surface area contributed by atoms with Crippen molar-refractivity contribution in [3.05, 3.63) is 17.0 Å². The van der Waals surface area contributed by atoms with Crippen molar-refractivity contribution in [1.82, 2.24) is 19.6 Å². The Morgan fingerprint density at radius 3 is 2.52 bits per heavy atom. The van der Waals surface area contributed by atoms with E-state index in [1.54, 1.807) is 0 Å². The van der Waals surface area contributed by atoms with Crippen LogP contribution in [0.15, 0.2) is 0 Å². The fraction of sp³-hybridized carbons (Fsp3) is 0.789. The third kappa shape index (κ3) is 3.47. The predicted molar refractivity (Wildman–Crippen MR) is 97.6 cm³/mol. The SMILES string of the molecule is CC[C@@H]1CN(C(=O)[C@H](C)c2c(C)nn(C)c2C)C[C@H]1N1CCOCC1. The van der Waals surface area contributed by atoms with Crippen LogP contribution in [0.4, 0.5) is 0 Å². The van der Waals surface area contributed by atoms with Gasteiger partial charge in [-0.1, -0.05) is 13.3 Å². The number of hydrogen-bond acceptors (Lipinski definition) is 4. The van der Waals surface area contributed by atoms with E-state index in [1.165, 1.54) is 0 Å². The molecule has 0 unspecified atom stereocenters. The molecule has 2 aliphatic heterocycles. The highest BCUT2D eigenvalue weighted by Gasteiger charge is 2.39. The highest BCUT2D eigenvalue weighted by molar-refractivity contribution is 5.84. The van der Waals surface area contributed by atoms with Crippen molar-refractivity contribution in [3.63, 3.8) is 0 Å². The third-order valence-electron chi connectivity index (χ3n) is 6.13. The lowest BCUT2D eigenvalue weighted by molar-refractivity contribution is -0.131. The van der Waals surface area contributed by atoms with Crippen LogP contribution in [0.25, 0.3) is 0 Å². The first-order chi connectivity index (χ1) is 11.9. The molecule has 140 valence electrons. The average Bonchev–Trinajstić information content (AvgIpc) is 3.15. The summed E-state index contributed by atoms with van der Waals surface area (Å²) in [5.41, 5.74) is 3.15. The first-order valence-electron chi connectivity index (χ1n) is 9.54. The van der Waals surface area contributed by atoms with Crippen molar-refractivity contribution in [2.45, 2.75) is 46.1 Å². The quantitative estimate of drug-likeness (QED) is 0.831. The van der Waals surface area contributed by atoms with Gasteiger partial charge in [0.2, 0.25) is 5.91 Å². The topological polar surface area (TPSA) is 50.6 Å². The molecule has 0 N–H and O–H groups in total. The average molecular weight is 348 g/mol. The Bertz CT molecular complexity index is 621. The monoisotopic (exact) mass is 348 g/mol. The molecular weight excluding hydrogens is 316 g/mol. The van der Waals surface area contributed by atoms with Gasteiger partial charge in [0.1, 0.15) is 0 Å². The van der Waals surface area contributed by atoms with Gasteiger partial charge in [-0.25, -0.2) is 0 Å². The number of morpholine rings is 1. The molecular formula is C19H32N4O2. The highest BCUT2D eigenvalue weighted by Crippen LogP contribution is 2.30. The van der Waals surface area contributed by atoms with Gasteiger partial charge < -0.3 is 9.64 Å². The summed E-state index contributed by atoms with van der Waals surface area (Å²) in [4.78, 5) is 17.8. The lowest BCUT2D eigenvalue weighted by Crippen LogP contribution is -2.47. The second-order valence-electron chi connectivity index (χ2n) is 7.56. The van der Waals surface area contributed by atoms with Crippen LogP contribution in [0.3, 0.4) is 0 Å². The van der Waals surface area contributed by atoms with Crippen LogP contribution >= 0.6 is 0 Å². The normalized spacial score (nSPS) is 26.2. The minimum absolute atomic E-state index is 0.130. The summed E-state index contributed by atoms with van der Waals surface area (Å²) in [6.07, 6.45) is 1.12. The number of rotatable bonds is 4. The van der Waals surface area contributed by atoms with E-state index in [2.05, 4.69) is 28.7 Å². The van der Waals surface area contributed by atoms with Crippen molar-refractivity contribution >= 4 is 5.91 Å². The minimum Gasteiger partial charge on any atom is -0.379 e. The van der Waals surface area contributed by atoms with E-state index in [4.69, 9.17) is 4.74 Å². The number of amides is 1. The summed E-state index contributed by atoms with van der Waals surface area (Å²) in [6.45, 7) is 13.6. The van der Waals surface area contributed by atoms with Gasteiger partial charge in [0.25, 0.3) is 0 Å². The zero-order valence-electron chi connectivity index (χ0n) is 16.3. The Labute approximate surface area is 151 Å². The van der Waals surface area contributed by atoms with Crippen LogP contribution in [0, 0.1) is 19.8 Å². The highest BCUT2D eigenvalue weighted by atomic mass is 16.5. The molecule has 0 aliphatic carbocycles. The molecule has 2 fully saturated rings. The van der Waals surface area contributed by atoms with E-state index in [1.807, 2.05) is 25.6 Å². The van der Waals surface area contributed by atoms with Gasteiger partial charge >= 0.3 is 0 Å². The maximum Gasteiger partial charge on any atom is 0.230 e. The molecule has 1 aromatic rings. The first kappa shape index (κ1) is 18.4. The van der Waals surface area contributed by atoms with Crippen LogP contribution in [0.1, 0.15) is 43.1 Å². The molecule has 2 saturated heterocycles. The van der Waals surface area contributed by atoms with Crippen LogP contribution in [0.5, 0.6) is 0 Å². The maximum atomic E-state index is 13.2. The van der Waals surface area contributed by atoms with Crippen molar-refractivity contribution in [2.75, 3.05) is 39.4 Å². The van der Waals surface area contributed by atoms with Gasteiger partial charge in [-0.3, -0.25) is 14.4 Å². The second kappa shape index (κ2) is 7.46. The Morgan fingerprint density at radius 1 is 1.28 bits per heavy atom. The number of likely N-dealkylation sites (tertiary alicyclic amines) is 1. The maximum absolute atomic E-state index is 13.2. The number of carbonyl (C=O) groups excluding carboxylic acids is 1. The number of ether oxygens (including phenoxy) is 1. The number of carbonyl (C=O) groups is 1. The van der Waals surface area contributed by atoms with E-state index in [0.29, 0.717) is 12.0 Å². The lowest BCUT2D eigenvalue weighted by Gasteiger charge is -2.34. The van der Waals surface area contributed by atoms with E-state index < -0.39 is 0 Å². The number of aromatic nitrogens is 2. The first-order valence-corrected chi connectivity index (χ1v) is 9.54. The molecule has 1 aromatic heterocycles. The summed E-state index contributed by atoms with van der Waals surface area (Å²) in [5, 5.41) is 4.48. The van der Waals surface area contributed by atoms with Gasteiger partial charge in [-0.15, -0.1) is 0 Å². The Hall–Kier alpha value is -1.40. The number of nitrogens with zero attached hydrogens (tertiary/aromatic N) is 4. The van der Waals surface area contributed by atoms with Crippen LogP contribution in [-0.2, 0) is 16.6 Å². The molecule has 3 rings (SSSR count). The molecule has 0 spiro atoms. The molecule has 0 bridgehead atoms. The third-order valence-corrected chi connectivity index (χ3v) is 6.13. The fourth-order valence-corrected chi connectivity index (χ4v) is 4.57. The number of hydrogen-bond donors (Lipinski definition) is 0. The van der Waals surface area contributed by atoms with Crippen LogP contribution in [0.2, 0.25) is 0 Å². The standard InChI is InChI=1S/C19H32N4O2/c1-6-16-11-23(12-17(16)22-7-9-25-10-8-22)19(24)13(2)18-14(3)20-21(5)15(18)4/h13,16-17H,6-12H2,1-5H3/t13-,16-,17-/m1/s1. The molecule has 25 heavy (non-hydrogen) atoms. The van der Waals surface area contributed by atoms with Crippen molar-refractivity contribution in [1.29, 1.82) is 0 Å². The Kier molecular flexibility index (Phi) is 5.49. The van der Waals surface area contributed by atoms with E-state index in [9.17, 15) is 4.79 Å². The zero-order valence-corrected chi connectivity index (χ0v) is 16.3. The molecule has 3 heterocycles. The molecule has 3 atom stereocenters. The fourth-order valence-electron chi connectivity index (χ4n) is 4.57. The van der Waals surface area contributed by atoms with E-state index >= 15 is 0 Å². The zero-order chi connectivity index (χ0) is 18.1. The van der Waals surface area contributed by atoms with Crippen molar-refractivity contribution in [2.24, 2.45) is 13.0 Å². The molecule has 1 amide bonds. The van der Waals surface area contributed by atoms with Crippen LogP contribution < -0.4 is 0 Å². The molecule has 0 radical (unpaired) electrons. The summed E-state index contributed by atoms with van der Waals surface area (Å²) in [6, 6.07) is 0.473. The van der Waals surface area contributed by atoms with Crippen LogP contribution in [-0.4, -0.2) is 70.9 Å². The summed E-state index contributed by atoms with van der Waals surface area (Å²) < 4.78 is 7.37. The Morgan fingerprint density at radius 2 is 1.96 bits per heavy atom. The molecule has 6 heteroatoms. The Balaban J connectivity index is 1.73. The van der Waals surface area contributed by atoms with Crippen molar-refractivity contribution in [3.8, 4) is 0 Å². The predicted octanol–water partition coefficient (Wildman–Crippen LogP) is 1.71. The summed E-state index contributed by atoms with van der Waals surface area (Å²) in [7, 11) is 1.94. The number of aryl methyl sites for hydroxylation is 2. The van der Waals surface area contributed by atoms with Gasteiger partial charge in [-0.05, 0) is 26.7 Å². The van der Waals surface area contributed by atoms with Gasteiger partial charge in [0, 0.05) is 50.5 Å². The second-order valence-corrected chi connectivity index (χ2v) is 7.56. The molecule has 2 aliphatic rings. The van der Waals surface area contributed by atoms with Gasteiger partial charge in [0.15, 0.2) is 0 Å². The van der Waals surface area contributed by atoms with E-state index in [0.717, 1.165) is 62.8 Å². The molecule has 6 nitrogen and oxygen atoms in total. The van der Waals surface area contributed by atoms with Gasteiger partial charge in [-0.2, -0.15) is 5.10 Å². The molecule has 0 saturated carbocycles. The van der Waals surface area contributed by atoms with E-state index in [-0.39, 0.29) is 11.8 Å². The summed E-state index contributed by atoms with van der Waals surface area (Å²) in [5.74, 6) is 0.674. The smallest absolute Gasteiger partial charge is 0.230 e. The lowest BCUT2D eigenvalue weighted by atomic mass is 9.97. The summed E-state index contributed by atoms with van der Waals surface area (Å²) >= 11 is 0. The van der Waals surface area contributed by atoms with Crippen molar-refractivity contribution < 1.29 is 9.53 Å².